The van der Waals surface area contributed by atoms with Crippen LogP contribution in [-0.2, 0) is 9.47 Å². The summed E-state index contributed by atoms with van der Waals surface area (Å²) in [5, 5.41) is 0. The molecule has 4 rings (SSSR count). The number of hydrogen-bond acceptors (Lipinski definition) is 2. The van der Waals surface area contributed by atoms with Crippen molar-refractivity contribution >= 4 is 0 Å². The van der Waals surface area contributed by atoms with Crippen LogP contribution in [0.2, 0.25) is 0 Å². The zero-order valence-corrected chi connectivity index (χ0v) is 18.9. The molecule has 2 heteroatoms. The van der Waals surface area contributed by atoms with Crippen molar-refractivity contribution in [2.24, 2.45) is 35.5 Å². The summed E-state index contributed by atoms with van der Waals surface area (Å²) in [7, 11) is 0. The lowest BCUT2D eigenvalue weighted by Crippen LogP contribution is -2.21. The van der Waals surface area contributed by atoms with Crippen LogP contribution in [0.4, 0.5) is 0 Å². The molecule has 0 N–H and O–H groups in total. The van der Waals surface area contributed by atoms with Gasteiger partial charge in [-0.05, 0) is 89.9 Å². The lowest BCUT2D eigenvalue weighted by Gasteiger charge is -2.19. The summed E-state index contributed by atoms with van der Waals surface area (Å²) < 4.78 is 11.7. The van der Waals surface area contributed by atoms with E-state index in [9.17, 15) is 0 Å². The van der Waals surface area contributed by atoms with Crippen LogP contribution in [0.25, 0.3) is 0 Å². The first-order valence-electron chi connectivity index (χ1n) is 11.3. The van der Waals surface area contributed by atoms with Crippen molar-refractivity contribution in [2.75, 3.05) is 13.2 Å². The number of hydrogen-bond donors (Lipinski definition) is 0. The highest BCUT2D eigenvalue weighted by Gasteiger charge is 2.50. The molecule has 2 nitrogen and oxygen atoms in total. The Morgan fingerprint density at radius 1 is 0.607 bits per heavy atom. The molecule has 0 aliphatic heterocycles. The second kappa shape index (κ2) is 8.81. The van der Waals surface area contributed by atoms with Gasteiger partial charge in [-0.15, -0.1) is 23.7 Å². The first kappa shape index (κ1) is 21.7. The van der Waals surface area contributed by atoms with Crippen LogP contribution in [0.3, 0.4) is 0 Å². The fourth-order valence-electron chi connectivity index (χ4n) is 4.73. The Kier molecular flexibility index (Phi) is 6.84. The lowest BCUT2D eigenvalue weighted by molar-refractivity contribution is -0.0124. The molecule has 0 heterocycles. The maximum Gasteiger partial charge on any atom is 0.0598 e. The minimum atomic E-state index is 0.0213. The molecule has 156 valence electrons. The summed E-state index contributed by atoms with van der Waals surface area (Å²) in [4.78, 5) is 0. The molecule has 2 fully saturated rings. The molecular weight excluding hydrogens is 344 g/mol. The zero-order chi connectivity index (χ0) is 20.4. The molecule has 4 aliphatic carbocycles. The van der Waals surface area contributed by atoms with Crippen LogP contribution in [-0.4, -0.2) is 24.4 Å². The van der Waals surface area contributed by atoms with E-state index in [4.69, 9.17) is 9.47 Å². The second-order valence-electron chi connectivity index (χ2n) is 11.0. The lowest BCUT2D eigenvalue weighted by atomic mass is 10.2. The standard InChI is InChI=1S/2C13H20O/c2*1-13(2,3)14-9-12-10-7-5-4-6-8-11(10)12/h2*10-12H,5,7-9H2,1-3H3/t10-,11+,12+;10-,11+,12-/m00/s1. The van der Waals surface area contributed by atoms with Gasteiger partial charge < -0.3 is 9.47 Å². The SMILES string of the molecule is CC(C)(C)OC[C@@H]1[C@@H]2CC#CCC[C@@H]21.CC(C)(C)OC[C@H]1[C@@H]2CC#CCC[C@@H]21. The Labute approximate surface area is 173 Å². The maximum atomic E-state index is 5.84. The average molecular weight is 385 g/mol. The first-order chi connectivity index (χ1) is 13.2. The summed E-state index contributed by atoms with van der Waals surface area (Å²) >= 11 is 0. The van der Waals surface area contributed by atoms with Crippen LogP contribution in [0.15, 0.2) is 0 Å². The summed E-state index contributed by atoms with van der Waals surface area (Å²) in [5.41, 5.74) is 0.0426. The Balaban J connectivity index is 0.000000161. The molecule has 0 amide bonds. The van der Waals surface area contributed by atoms with E-state index in [1.807, 2.05) is 0 Å². The van der Waals surface area contributed by atoms with Crippen LogP contribution in [0.5, 0.6) is 0 Å². The molecule has 6 atom stereocenters. The highest BCUT2D eigenvalue weighted by Crippen LogP contribution is 2.53. The van der Waals surface area contributed by atoms with Crippen LogP contribution in [0.1, 0.15) is 80.1 Å². The third-order valence-electron chi connectivity index (χ3n) is 6.57. The molecule has 0 saturated heterocycles. The summed E-state index contributed by atoms with van der Waals surface area (Å²) in [6.45, 7) is 14.7. The highest BCUT2D eigenvalue weighted by atomic mass is 16.5. The highest BCUT2D eigenvalue weighted by molar-refractivity contribution is 5.13. The Morgan fingerprint density at radius 3 is 1.36 bits per heavy atom. The van der Waals surface area contributed by atoms with Gasteiger partial charge in [0, 0.05) is 25.7 Å². The minimum absolute atomic E-state index is 0.0213. The van der Waals surface area contributed by atoms with Gasteiger partial charge >= 0.3 is 0 Å². The predicted octanol–water partition coefficient (Wildman–Crippen LogP) is 5.70. The van der Waals surface area contributed by atoms with Crippen molar-refractivity contribution in [3.05, 3.63) is 0 Å². The summed E-state index contributed by atoms with van der Waals surface area (Å²) in [6.07, 6.45) is 7.04. The number of ether oxygens (including phenoxy) is 2. The summed E-state index contributed by atoms with van der Waals surface area (Å²) in [5.74, 6) is 18.1. The quantitative estimate of drug-likeness (QED) is 0.579. The summed E-state index contributed by atoms with van der Waals surface area (Å²) in [6, 6.07) is 0. The minimum Gasteiger partial charge on any atom is -0.376 e. The normalized spacial score (nSPS) is 35.2. The van der Waals surface area contributed by atoms with E-state index in [2.05, 4.69) is 65.2 Å². The largest absolute Gasteiger partial charge is 0.376 e. The molecule has 0 bridgehead atoms. The zero-order valence-electron chi connectivity index (χ0n) is 18.9. The van der Waals surface area contributed by atoms with Gasteiger partial charge in [0.2, 0.25) is 0 Å². The van der Waals surface area contributed by atoms with E-state index in [0.717, 1.165) is 74.4 Å². The van der Waals surface area contributed by atoms with E-state index >= 15 is 0 Å². The topological polar surface area (TPSA) is 18.5 Å². The number of fused-ring (bicyclic) bond motifs is 2. The molecule has 4 aliphatic rings. The van der Waals surface area contributed by atoms with E-state index in [-0.39, 0.29) is 11.2 Å². The fraction of sp³-hybridized carbons (Fsp3) is 0.846. The maximum absolute atomic E-state index is 5.84. The molecule has 2 saturated carbocycles. The fourth-order valence-corrected chi connectivity index (χ4v) is 4.73. The Hall–Kier alpha value is -0.960. The smallest absolute Gasteiger partial charge is 0.0598 e. The average Bonchev–Trinajstić information content (AvgIpc) is 3.43. The van der Waals surface area contributed by atoms with Gasteiger partial charge in [-0.2, -0.15) is 0 Å². The predicted molar refractivity (Wildman–Crippen MR) is 116 cm³/mol. The monoisotopic (exact) mass is 384 g/mol. The van der Waals surface area contributed by atoms with Crippen LogP contribution >= 0.6 is 0 Å². The van der Waals surface area contributed by atoms with E-state index < -0.39 is 0 Å². The van der Waals surface area contributed by atoms with E-state index in [0.29, 0.717) is 0 Å². The molecule has 0 radical (unpaired) electrons. The van der Waals surface area contributed by atoms with Crippen molar-refractivity contribution in [2.45, 2.75) is 91.3 Å². The third-order valence-corrected chi connectivity index (χ3v) is 6.57. The molecule has 0 aromatic rings. The van der Waals surface area contributed by atoms with Crippen molar-refractivity contribution in [1.29, 1.82) is 0 Å². The van der Waals surface area contributed by atoms with Crippen molar-refractivity contribution in [3.8, 4) is 23.7 Å². The molecular formula is C26H40O2. The van der Waals surface area contributed by atoms with E-state index in [1.165, 1.54) is 12.8 Å². The van der Waals surface area contributed by atoms with Crippen molar-refractivity contribution in [1.82, 2.24) is 0 Å². The van der Waals surface area contributed by atoms with Crippen LogP contribution < -0.4 is 0 Å². The van der Waals surface area contributed by atoms with Crippen molar-refractivity contribution < 1.29 is 9.47 Å². The molecule has 0 aromatic carbocycles. The molecule has 0 spiro atoms. The van der Waals surface area contributed by atoms with Crippen LogP contribution in [0, 0.1) is 59.2 Å². The van der Waals surface area contributed by atoms with Gasteiger partial charge in [-0.1, -0.05) is 0 Å². The second-order valence-corrected chi connectivity index (χ2v) is 11.0. The molecule has 0 aromatic heterocycles. The molecule has 0 unspecified atom stereocenters. The van der Waals surface area contributed by atoms with Gasteiger partial charge in [-0.25, -0.2) is 0 Å². The van der Waals surface area contributed by atoms with Gasteiger partial charge in [0.15, 0.2) is 0 Å². The first-order valence-corrected chi connectivity index (χ1v) is 11.3. The van der Waals surface area contributed by atoms with Gasteiger partial charge in [0.05, 0.1) is 24.4 Å². The van der Waals surface area contributed by atoms with Gasteiger partial charge in [0.1, 0.15) is 0 Å². The Morgan fingerprint density at radius 2 is 1.00 bits per heavy atom. The molecule has 28 heavy (non-hydrogen) atoms. The Bertz CT molecular complexity index is 584. The van der Waals surface area contributed by atoms with E-state index in [1.54, 1.807) is 0 Å². The van der Waals surface area contributed by atoms with Gasteiger partial charge in [-0.3, -0.25) is 0 Å². The van der Waals surface area contributed by atoms with Gasteiger partial charge in [0.25, 0.3) is 0 Å². The third kappa shape index (κ3) is 6.54. The number of rotatable bonds is 4. The van der Waals surface area contributed by atoms with Crippen molar-refractivity contribution in [3.63, 3.8) is 0 Å².